The molecule has 88 valence electrons. The molecule has 0 spiro atoms. The first kappa shape index (κ1) is 11.5. The molecule has 0 unspecified atom stereocenters. The fraction of sp³-hybridized carbons (Fsp3) is 0.692. The van der Waals surface area contributed by atoms with Crippen LogP contribution in [0, 0.1) is 5.92 Å². The van der Waals surface area contributed by atoms with Gasteiger partial charge >= 0.3 is 0 Å². The normalized spacial score (nSPS) is 25.6. The van der Waals surface area contributed by atoms with Crippen LogP contribution in [-0.4, -0.2) is 16.0 Å². The predicted molar refractivity (Wildman–Crippen MR) is 64.9 cm³/mol. The van der Waals surface area contributed by atoms with E-state index in [0.29, 0.717) is 6.04 Å². The summed E-state index contributed by atoms with van der Waals surface area (Å²) in [6.45, 7) is 3.21. The first-order valence-electron chi connectivity index (χ1n) is 6.35. The molecular formula is C13H21N3. The molecular weight excluding hydrogens is 198 g/mol. The Morgan fingerprint density at radius 3 is 2.50 bits per heavy atom. The smallest absolute Gasteiger partial charge is 0.115 e. The molecule has 0 amide bonds. The van der Waals surface area contributed by atoms with Crippen molar-refractivity contribution >= 4 is 0 Å². The molecule has 0 aromatic carbocycles. The molecule has 3 nitrogen and oxygen atoms in total. The summed E-state index contributed by atoms with van der Waals surface area (Å²) in [6, 6.07) is 0.697. The zero-order valence-corrected chi connectivity index (χ0v) is 10.0. The van der Waals surface area contributed by atoms with E-state index in [1.54, 1.807) is 6.33 Å². The second-order valence-electron chi connectivity index (χ2n) is 4.75. The zero-order chi connectivity index (χ0) is 11.2. The Labute approximate surface area is 97.7 Å². The van der Waals surface area contributed by atoms with Crippen LogP contribution in [-0.2, 0) is 6.54 Å². The van der Waals surface area contributed by atoms with Gasteiger partial charge in [0.25, 0.3) is 0 Å². The second-order valence-corrected chi connectivity index (χ2v) is 4.75. The monoisotopic (exact) mass is 219 g/mol. The summed E-state index contributed by atoms with van der Waals surface area (Å²) in [5.74, 6) is 0.970. The standard InChI is InChI=1S/C13H21N3/c1-2-11-3-5-13(6-4-11)16-9-12-7-14-10-15-8-12/h7-8,10-11,13,16H,2-6,9H2,1H3. The molecule has 1 N–H and O–H groups in total. The fourth-order valence-corrected chi connectivity index (χ4v) is 2.46. The van der Waals surface area contributed by atoms with Gasteiger partial charge in [-0.05, 0) is 31.6 Å². The third kappa shape index (κ3) is 3.27. The summed E-state index contributed by atoms with van der Waals surface area (Å²) in [4.78, 5) is 8.05. The van der Waals surface area contributed by atoms with E-state index >= 15 is 0 Å². The minimum absolute atomic E-state index is 0.697. The molecule has 1 aromatic rings. The van der Waals surface area contributed by atoms with Gasteiger partial charge in [-0.2, -0.15) is 0 Å². The lowest BCUT2D eigenvalue weighted by molar-refractivity contribution is 0.285. The Bertz CT molecular complexity index is 291. The summed E-state index contributed by atoms with van der Waals surface area (Å²) >= 11 is 0. The molecule has 0 saturated heterocycles. The molecule has 1 aliphatic rings. The lowest BCUT2D eigenvalue weighted by atomic mass is 9.84. The van der Waals surface area contributed by atoms with E-state index in [2.05, 4.69) is 22.2 Å². The third-order valence-corrected chi connectivity index (χ3v) is 3.63. The van der Waals surface area contributed by atoms with Crippen LogP contribution in [0.25, 0.3) is 0 Å². The van der Waals surface area contributed by atoms with Gasteiger partial charge in [0.1, 0.15) is 6.33 Å². The molecule has 2 rings (SSSR count). The molecule has 1 aliphatic carbocycles. The van der Waals surface area contributed by atoms with Crippen molar-refractivity contribution in [1.82, 2.24) is 15.3 Å². The van der Waals surface area contributed by atoms with Gasteiger partial charge in [-0.1, -0.05) is 13.3 Å². The molecule has 1 heterocycles. The van der Waals surface area contributed by atoms with Crippen molar-refractivity contribution in [3.63, 3.8) is 0 Å². The molecule has 0 bridgehead atoms. The first-order valence-corrected chi connectivity index (χ1v) is 6.35. The van der Waals surface area contributed by atoms with Gasteiger partial charge in [-0.15, -0.1) is 0 Å². The molecule has 1 aromatic heterocycles. The van der Waals surface area contributed by atoms with E-state index in [9.17, 15) is 0 Å². The average molecular weight is 219 g/mol. The summed E-state index contributed by atoms with van der Waals surface area (Å²) in [7, 11) is 0. The Morgan fingerprint density at radius 1 is 1.19 bits per heavy atom. The van der Waals surface area contributed by atoms with Gasteiger partial charge in [0, 0.05) is 30.5 Å². The number of hydrogen-bond donors (Lipinski definition) is 1. The second kappa shape index (κ2) is 5.94. The largest absolute Gasteiger partial charge is 0.310 e. The van der Waals surface area contributed by atoms with Crippen molar-refractivity contribution in [2.45, 2.75) is 51.6 Å². The number of nitrogens with zero attached hydrogens (tertiary/aromatic N) is 2. The molecule has 0 atom stereocenters. The van der Waals surface area contributed by atoms with Crippen LogP contribution < -0.4 is 5.32 Å². The Morgan fingerprint density at radius 2 is 1.88 bits per heavy atom. The fourth-order valence-electron chi connectivity index (χ4n) is 2.46. The number of hydrogen-bond acceptors (Lipinski definition) is 3. The number of rotatable bonds is 4. The molecule has 1 fully saturated rings. The highest BCUT2D eigenvalue weighted by molar-refractivity contribution is 5.01. The van der Waals surface area contributed by atoms with Crippen molar-refractivity contribution < 1.29 is 0 Å². The van der Waals surface area contributed by atoms with Crippen LogP contribution >= 0.6 is 0 Å². The van der Waals surface area contributed by atoms with Crippen molar-refractivity contribution in [2.75, 3.05) is 0 Å². The van der Waals surface area contributed by atoms with Gasteiger partial charge in [0.2, 0.25) is 0 Å². The van der Waals surface area contributed by atoms with E-state index in [0.717, 1.165) is 12.5 Å². The van der Waals surface area contributed by atoms with Crippen LogP contribution in [0.5, 0.6) is 0 Å². The van der Waals surface area contributed by atoms with Gasteiger partial charge in [0.05, 0.1) is 0 Å². The Balaban J connectivity index is 1.72. The summed E-state index contributed by atoms with van der Waals surface area (Å²) in [6.07, 6.45) is 12.1. The quantitative estimate of drug-likeness (QED) is 0.845. The minimum atomic E-state index is 0.697. The van der Waals surface area contributed by atoms with Crippen LogP contribution in [0.15, 0.2) is 18.7 Å². The van der Waals surface area contributed by atoms with Crippen LogP contribution in [0.1, 0.15) is 44.6 Å². The van der Waals surface area contributed by atoms with Crippen LogP contribution in [0.4, 0.5) is 0 Å². The molecule has 0 aliphatic heterocycles. The van der Waals surface area contributed by atoms with Gasteiger partial charge < -0.3 is 5.32 Å². The molecule has 1 saturated carbocycles. The highest BCUT2D eigenvalue weighted by Crippen LogP contribution is 2.26. The van der Waals surface area contributed by atoms with Gasteiger partial charge in [-0.3, -0.25) is 0 Å². The Hall–Kier alpha value is -0.960. The maximum Gasteiger partial charge on any atom is 0.115 e. The Kier molecular flexibility index (Phi) is 4.28. The van der Waals surface area contributed by atoms with E-state index in [1.807, 2.05) is 12.4 Å². The molecule has 16 heavy (non-hydrogen) atoms. The summed E-state index contributed by atoms with van der Waals surface area (Å²) < 4.78 is 0. The highest BCUT2D eigenvalue weighted by Gasteiger charge is 2.19. The van der Waals surface area contributed by atoms with Crippen molar-refractivity contribution in [3.8, 4) is 0 Å². The highest BCUT2D eigenvalue weighted by atomic mass is 14.9. The van der Waals surface area contributed by atoms with E-state index in [1.165, 1.54) is 37.7 Å². The van der Waals surface area contributed by atoms with Crippen molar-refractivity contribution in [3.05, 3.63) is 24.3 Å². The van der Waals surface area contributed by atoms with Gasteiger partial charge in [-0.25, -0.2) is 9.97 Å². The zero-order valence-electron chi connectivity index (χ0n) is 10.0. The number of nitrogens with one attached hydrogen (secondary N) is 1. The van der Waals surface area contributed by atoms with Crippen LogP contribution in [0.3, 0.4) is 0 Å². The van der Waals surface area contributed by atoms with E-state index in [-0.39, 0.29) is 0 Å². The molecule has 0 radical (unpaired) electrons. The van der Waals surface area contributed by atoms with E-state index in [4.69, 9.17) is 0 Å². The lowest BCUT2D eigenvalue weighted by Crippen LogP contribution is -2.32. The predicted octanol–water partition coefficient (Wildman–Crippen LogP) is 2.54. The van der Waals surface area contributed by atoms with E-state index < -0.39 is 0 Å². The number of aromatic nitrogens is 2. The maximum absolute atomic E-state index is 4.02. The van der Waals surface area contributed by atoms with Crippen molar-refractivity contribution in [1.29, 1.82) is 0 Å². The minimum Gasteiger partial charge on any atom is -0.310 e. The third-order valence-electron chi connectivity index (χ3n) is 3.63. The maximum atomic E-state index is 4.02. The summed E-state index contributed by atoms with van der Waals surface area (Å²) in [5.41, 5.74) is 1.18. The SMILES string of the molecule is CCC1CCC(NCc2cncnc2)CC1. The topological polar surface area (TPSA) is 37.8 Å². The lowest BCUT2D eigenvalue weighted by Gasteiger charge is -2.28. The first-order chi connectivity index (χ1) is 7.88. The molecule has 3 heteroatoms. The van der Waals surface area contributed by atoms with Crippen molar-refractivity contribution in [2.24, 2.45) is 5.92 Å². The van der Waals surface area contributed by atoms with Crippen LogP contribution in [0.2, 0.25) is 0 Å². The van der Waals surface area contributed by atoms with Gasteiger partial charge in [0.15, 0.2) is 0 Å². The average Bonchev–Trinajstić information content (AvgIpc) is 2.38. The summed E-state index contributed by atoms with van der Waals surface area (Å²) in [5, 5.41) is 3.60.